The fourth-order valence-electron chi connectivity index (χ4n) is 2.69. The van der Waals surface area contributed by atoms with Crippen molar-refractivity contribution in [3.8, 4) is 0 Å². The summed E-state index contributed by atoms with van der Waals surface area (Å²) in [6.45, 7) is 4.18. The Morgan fingerprint density at radius 3 is 2.86 bits per heavy atom. The average molecular weight is 198 g/mol. The summed E-state index contributed by atoms with van der Waals surface area (Å²) in [4.78, 5) is 2.64. The van der Waals surface area contributed by atoms with Crippen molar-refractivity contribution >= 4 is 0 Å². The summed E-state index contributed by atoms with van der Waals surface area (Å²) >= 11 is 0. The van der Waals surface area contributed by atoms with Crippen LogP contribution in [-0.2, 0) is 4.74 Å². The van der Waals surface area contributed by atoms with Gasteiger partial charge in [0.05, 0.1) is 12.7 Å². The van der Waals surface area contributed by atoms with Crippen LogP contribution in [0.15, 0.2) is 0 Å². The molecule has 0 aromatic rings. The first kappa shape index (κ1) is 10.4. The summed E-state index contributed by atoms with van der Waals surface area (Å²) in [5.74, 6) is 0. The minimum atomic E-state index is 0.411. The number of rotatable bonds is 3. The van der Waals surface area contributed by atoms with E-state index in [-0.39, 0.29) is 0 Å². The van der Waals surface area contributed by atoms with Gasteiger partial charge in [-0.15, -0.1) is 0 Å². The minimum Gasteiger partial charge on any atom is -0.374 e. The third-order valence-electron chi connectivity index (χ3n) is 3.44. The molecule has 1 saturated heterocycles. The van der Waals surface area contributed by atoms with E-state index in [4.69, 9.17) is 4.74 Å². The van der Waals surface area contributed by atoms with Gasteiger partial charge >= 0.3 is 0 Å². The Balaban J connectivity index is 1.80. The molecule has 0 radical (unpaired) electrons. The van der Waals surface area contributed by atoms with Gasteiger partial charge in [-0.3, -0.25) is 4.90 Å². The lowest BCUT2D eigenvalue weighted by Crippen LogP contribution is -2.49. The number of likely N-dealkylation sites (N-methyl/N-ethyl adjacent to an activating group) is 1. The van der Waals surface area contributed by atoms with Gasteiger partial charge in [0.15, 0.2) is 0 Å². The van der Waals surface area contributed by atoms with E-state index in [1.807, 2.05) is 7.05 Å². The smallest absolute Gasteiger partial charge is 0.0826 e. The third-order valence-corrected chi connectivity index (χ3v) is 3.44. The highest BCUT2D eigenvalue weighted by Gasteiger charge is 2.27. The van der Waals surface area contributed by atoms with E-state index in [1.165, 1.54) is 25.7 Å². The van der Waals surface area contributed by atoms with Gasteiger partial charge in [-0.25, -0.2) is 0 Å². The number of morpholine rings is 1. The van der Waals surface area contributed by atoms with Crippen LogP contribution >= 0.6 is 0 Å². The topological polar surface area (TPSA) is 24.5 Å². The van der Waals surface area contributed by atoms with Crippen molar-refractivity contribution in [2.45, 2.75) is 37.8 Å². The third kappa shape index (κ3) is 2.47. The average Bonchev–Trinajstić information content (AvgIpc) is 2.71. The van der Waals surface area contributed by atoms with E-state index < -0.39 is 0 Å². The van der Waals surface area contributed by atoms with Crippen molar-refractivity contribution in [1.82, 2.24) is 10.2 Å². The minimum absolute atomic E-state index is 0.411. The zero-order valence-corrected chi connectivity index (χ0v) is 9.17. The largest absolute Gasteiger partial charge is 0.374 e. The Labute approximate surface area is 86.8 Å². The molecule has 0 aromatic carbocycles. The van der Waals surface area contributed by atoms with E-state index in [1.54, 1.807) is 0 Å². The normalized spacial score (nSPS) is 31.1. The molecule has 82 valence electrons. The molecule has 2 fully saturated rings. The van der Waals surface area contributed by atoms with E-state index >= 15 is 0 Å². The standard InChI is InChI=1S/C11H22N2O/c1-12-8-11-9-13(6-7-14-11)10-4-2-3-5-10/h10-12H,2-9H2,1H3. The first-order valence-electron chi connectivity index (χ1n) is 5.90. The van der Waals surface area contributed by atoms with Crippen LogP contribution < -0.4 is 5.32 Å². The van der Waals surface area contributed by atoms with E-state index in [2.05, 4.69) is 10.2 Å². The molecule has 0 aromatic heterocycles. The van der Waals surface area contributed by atoms with E-state index in [9.17, 15) is 0 Å². The van der Waals surface area contributed by atoms with Gasteiger partial charge in [0.1, 0.15) is 0 Å². The molecule has 0 spiro atoms. The van der Waals surface area contributed by atoms with Crippen LogP contribution in [-0.4, -0.2) is 50.3 Å². The van der Waals surface area contributed by atoms with Crippen LogP contribution in [0.5, 0.6) is 0 Å². The van der Waals surface area contributed by atoms with Crippen molar-refractivity contribution < 1.29 is 4.74 Å². The predicted octanol–water partition coefficient (Wildman–Crippen LogP) is 0.849. The monoisotopic (exact) mass is 198 g/mol. The summed E-state index contributed by atoms with van der Waals surface area (Å²) in [6.07, 6.45) is 6.09. The van der Waals surface area contributed by atoms with Crippen molar-refractivity contribution in [2.24, 2.45) is 0 Å². The van der Waals surface area contributed by atoms with Gasteiger partial charge in [0, 0.05) is 25.7 Å². The molecule has 1 saturated carbocycles. The maximum absolute atomic E-state index is 5.70. The molecule has 1 heterocycles. The van der Waals surface area contributed by atoms with Gasteiger partial charge in [-0.1, -0.05) is 12.8 Å². The van der Waals surface area contributed by atoms with Gasteiger partial charge in [0.2, 0.25) is 0 Å². The molecule has 1 unspecified atom stereocenters. The Morgan fingerprint density at radius 1 is 1.36 bits per heavy atom. The number of hydrogen-bond donors (Lipinski definition) is 1. The highest BCUT2D eigenvalue weighted by atomic mass is 16.5. The number of nitrogens with zero attached hydrogens (tertiary/aromatic N) is 1. The molecule has 1 N–H and O–H groups in total. The summed E-state index contributed by atoms with van der Waals surface area (Å²) in [5.41, 5.74) is 0. The van der Waals surface area contributed by atoms with Gasteiger partial charge < -0.3 is 10.1 Å². The fourth-order valence-corrected chi connectivity index (χ4v) is 2.69. The Morgan fingerprint density at radius 2 is 2.14 bits per heavy atom. The highest BCUT2D eigenvalue weighted by Crippen LogP contribution is 2.24. The first-order chi connectivity index (χ1) is 6.90. The summed E-state index contributed by atoms with van der Waals surface area (Å²) in [5, 5.41) is 3.20. The van der Waals surface area contributed by atoms with Crippen LogP contribution in [0.2, 0.25) is 0 Å². The van der Waals surface area contributed by atoms with Crippen LogP contribution in [0.1, 0.15) is 25.7 Å². The second-order valence-electron chi connectivity index (χ2n) is 4.48. The molecule has 0 bridgehead atoms. The first-order valence-corrected chi connectivity index (χ1v) is 5.90. The predicted molar refractivity (Wildman–Crippen MR) is 57.5 cm³/mol. The zero-order chi connectivity index (χ0) is 9.80. The lowest BCUT2D eigenvalue weighted by Gasteiger charge is -2.36. The second-order valence-corrected chi connectivity index (χ2v) is 4.48. The van der Waals surface area contributed by atoms with Crippen molar-refractivity contribution in [3.05, 3.63) is 0 Å². The van der Waals surface area contributed by atoms with Crippen molar-refractivity contribution in [1.29, 1.82) is 0 Å². The fraction of sp³-hybridized carbons (Fsp3) is 1.00. The summed E-state index contributed by atoms with van der Waals surface area (Å²) in [6, 6.07) is 0.859. The van der Waals surface area contributed by atoms with Crippen LogP contribution in [0.25, 0.3) is 0 Å². The van der Waals surface area contributed by atoms with Crippen LogP contribution in [0, 0.1) is 0 Å². The second kappa shape index (κ2) is 5.10. The molecule has 1 aliphatic carbocycles. The Bertz CT molecular complexity index is 167. The van der Waals surface area contributed by atoms with E-state index in [0.29, 0.717) is 6.10 Å². The lowest BCUT2D eigenvalue weighted by atomic mass is 10.1. The molecule has 3 nitrogen and oxygen atoms in total. The van der Waals surface area contributed by atoms with Crippen LogP contribution in [0.3, 0.4) is 0 Å². The van der Waals surface area contributed by atoms with Crippen molar-refractivity contribution in [2.75, 3.05) is 33.3 Å². The molecule has 2 aliphatic rings. The van der Waals surface area contributed by atoms with Gasteiger partial charge in [-0.2, -0.15) is 0 Å². The Kier molecular flexibility index (Phi) is 3.79. The maximum Gasteiger partial charge on any atom is 0.0826 e. The van der Waals surface area contributed by atoms with Gasteiger partial charge in [0.25, 0.3) is 0 Å². The molecule has 1 atom stereocenters. The van der Waals surface area contributed by atoms with E-state index in [0.717, 1.165) is 32.3 Å². The number of ether oxygens (including phenoxy) is 1. The number of nitrogens with one attached hydrogen (secondary N) is 1. The quantitative estimate of drug-likeness (QED) is 0.727. The molecule has 14 heavy (non-hydrogen) atoms. The molecule has 3 heteroatoms. The van der Waals surface area contributed by atoms with Gasteiger partial charge in [-0.05, 0) is 19.9 Å². The SMILES string of the molecule is CNCC1CN(C2CCCC2)CCO1. The highest BCUT2D eigenvalue weighted by molar-refractivity contribution is 4.82. The van der Waals surface area contributed by atoms with Crippen LogP contribution in [0.4, 0.5) is 0 Å². The van der Waals surface area contributed by atoms with Crippen molar-refractivity contribution in [3.63, 3.8) is 0 Å². The summed E-state index contributed by atoms with van der Waals surface area (Å²) in [7, 11) is 2.00. The lowest BCUT2D eigenvalue weighted by molar-refractivity contribution is -0.0402. The molecular formula is C11H22N2O. The molecule has 1 aliphatic heterocycles. The number of hydrogen-bond acceptors (Lipinski definition) is 3. The molecule has 0 amide bonds. The molecule has 2 rings (SSSR count). The maximum atomic E-state index is 5.70. The Hall–Kier alpha value is -0.120. The summed E-state index contributed by atoms with van der Waals surface area (Å²) < 4.78 is 5.70. The zero-order valence-electron chi connectivity index (χ0n) is 9.17. The molecular weight excluding hydrogens is 176 g/mol.